The molecule has 0 spiro atoms. The summed E-state index contributed by atoms with van der Waals surface area (Å²) in [7, 11) is 1.29. The zero-order valence-electron chi connectivity index (χ0n) is 16.9. The first-order chi connectivity index (χ1) is 15.2. The van der Waals surface area contributed by atoms with Crippen molar-refractivity contribution in [1.29, 1.82) is 0 Å². The fourth-order valence-corrected chi connectivity index (χ4v) is 4.38. The van der Waals surface area contributed by atoms with Crippen LogP contribution in [-0.2, 0) is 9.63 Å². The van der Waals surface area contributed by atoms with Crippen molar-refractivity contribution in [3.05, 3.63) is 57.8 Å². The van der Waals surface area contributed by atoms with Crippen LogP contribution < -0.4 is 0 Å². The van der Waals surface area contributed by atoms with E-state index < -0.39 is 45.6 Å². The summed E-state index contributed by atoms with van der Waals surface area (Å²) in [5, 5.41) is 0. The van der Waals surface area contributed by atoms with Crippen molar-refractivity contribution in [2.45, 2.75) is 18.4 Å². The molecule has 0 bridgehead atoms. The number of benzene rings is 1. The summed E-state index contributed by atoms with van der Waals surface area (Å²) in [6, 6.07) is 9.22. The van der Waals surface area contributed by atoms with Crippen LogP contribution in [-0.4, -0.2) is 66.2 Å². The van der Waals surface area contributed by atoms with Crippen molar-refractivity contribution in [2.24, 2.45) is 0 Å². The molecule has 13 heteroatoms. The highest BCUT2D eigenvalue weighted by molar-refractivity contribution is 7.16. The maximum Gasteiger partial charge on any atom is 0.497 e. The van der Waals surface area contributed by atoms with Crippen molar-refractivity contribution >= 4 is 29.0 Å². The molecule has 1 aromatic heterocycles. The zero-order chi connectivity index (χ0) is 24.6. The van der Waals surface area contributed by atoms with Gasteiger partial charge in [-0.15, -0.1) is 16.0 Å². The molecule has 1 aliphatic heterocycles. The lowest BCUT2D eigenvalue weighted by molar-refractivity contribution is -1.10. The van der Waals surface area contributed by atoms with Gasteiger partial charge in [0, 0.05) is 5.56 Å². The van der Waals surface area contributed by atoms with Crippen LogP contribution in [0.1, 0.15) is 30.9 Å². The van der Waals surface area contributed by atoms with E-state index in [1.165, 1.54) is 11.9 Å². The number of hydrogen-bond donors (Lipinski definition) is 0. The van der Waals surface area contributed by atoms with E-state index in [-0.39, 0.29) is 24.5 Å². The van der Waals surface area contributed by atoms with Crippen LogP contribution in [0.4, 0.5) is 26.3 Å². The van der Waals surface area contributed by atoms with Crippen LogP contribution >= 0.6 is 11.3 Å². The predicted molar refractivity (Wildman–Crippen MR) is 103 cm³/mol. The monoisotopic (exact) mass is 495 g/mol. The van der Waals surface area contributed by atoms with E-state index in [4.69, 9.17) is 4.84 Å². The molecule has 1 saturated heterocycles. The summed E-state index contributed by atoms with van der Waals surface area (Å²) >= 11 is 0.381. The van der Waals surface area contributed by atoms with Gasteiger partial charge in [0.05, 0.1) is 22.8 Å². The molecular weight excluding hydrogens is 478 g/mol. The Morgan fingerprint density at radius 1 is 0.970 bits per heavy atom. The molecule has 2 aromatic rings. The summed E-state index contributed by atoms with van der Waals surface area (Å²) in [5.41, 5.74) is 0.492. The minimum atomic E-state index is -5.21. The van der Waals surface area contributed by atoms with Gasteiger partial charge in [-0.25, -0.2) is 4.79 Å². The summed E-state index contributed by atoms with van der Waals surface area (Å²) in [6.07, 6.45) is -10.3. The van der Waals surface area contributed by atoms with E-state index >= 15 is 0 Å². The van der Waals surface area contributed by atoms with Crippen molar-refractivity contribution in [3.63, 3.8) is 0 Å². The first kappa shape index (κ1) is 24.7. The Balaban J connectivity index is 1.86. The van der Waals surface area contributed by atoms with Gasteiger partial charge in [-0.2, -0.15) is 26.3 Å². The standard InChI is InChI=1S/C20H17F6N2O4S/c1-28(32-18(31)20(24,25)26)10-9-27(11-13(28)12-5-3-2-4-6-12)17(30)15-8-7-14(33-15)16(29)19(21,22)23/h2-8,13H,9-11H2,1H3/q+1. The molecule has 6 nitrogen and oxygen atoms in total. The molecule has 1 amide bonds. The topological polar surface area (TPSA) is 63.7 Å². The number of amides is 1. The molecule has 0 radical (unpaired) electrons. The van der Waals surface area contributed by atoms with Crippen LogP contribution in [0.3, 0.4) is 0 Å². The summed E-state index contributed by atoms with van der Waals surface area (Å²) in [4.78, 5) is 41.1. The summed E-state index contributed by atoms with van der Waals surface area (Å²) in [5.74, 6) is -5.13. The number of hydroxylamine groups is 3. The molecule has 1 aliphatic rings. The minimum Gasteiger partial charge on any atom is -0.326 e. The second-order valence-corrected chi connectivity index (χ2v) is 8.53. The average molecular weight is 495 g/mol. The number of Topliss-reactive ketones (excluding diaryl/α,β-unsaturated/α-hetero) is 1. The number of carbonyl (C=O) groups excluding carboxylic acids is 3. The predicted octanol–water partition coefficient (Wildman–Crippen LogP) is 4.16. The van der Waals surface area contributed by atoms with E-state index in [0.717, 1.165) is 12.1 Å². The van der Waals surface area contributed by atoms with E-state index in [0.29, 0.717) is 16.9 Å². The second kappa shape index (κ2) is 8.78. The SMILES string of the molecule is C[N+]1(OC(=O)C(F)(F)F)CCN(C(=O)c2ccc(C(=O)C(F)(F)F)s2)CC1c1ccccc1. The van der Waals surface area contributed by atoms with Gasteiger partial charge in [-0.3, -0.25) is 14.4 Å². The normalized spacial score (nSPS) is 21.5. The van der Waals surface area contributed by atoms with Gasteiger partial charge in [-0.05, 0) is 12.1 Å². The maximum absolute atomic E-state index is 12.9. The molecule has 2 heterocycles. The Labute approximate surface area is 187 Å². The Morgan fingerprint density at radius 3 is 2.15 bits per heavy atom. The molecule has 178 valence electrons. The van der Waals surface area contributed by atoms with E-state index in [9.17, 15) is 40.7 Å². The van der Waals surface area contributed by atoms with Crippen LogP contribution in [0.2, 0.25) is 0 Å². The number of quaternary nitrogens is 1. The van der Waals surface area contributed by atoms with Gasteiger partial charge in [-0.1, -0.05) is 30.3 Å². The first-order valence-corrected chi connectivity index (χ1v) is 10.3. The van der Waals surface area contributed by atoms with Crippen molar-refractivity contribution < 1.29 is 50.2 Å². The fourth-order valence-electron chi connectivity index (χ4n) is 3.45. The van der Waals surface area contributed by atoms with Crippen molar-refractivity contribution in [2.75, 3.05) is 26.7 Å². The fraction of sp³-hybridized carbons (Fsp3) is 0.350. The number of likely N-dealkylation sites (N-methyl/N-ethyl adjacent to an activating group) is 1. The quantitative estimate of drug-likeness (QED) is 0.363. The summed E-state index contributed by atoms with van der Waals surface area (Å²) in [6.45, 7) is -0.512. The molecule has 2 atom stereocenters. The van der Waals surface area contributed by atoms with Gasteiger partial charge in [0.1, 0.15) is 13.6 Å². The third kappa shape index (κ3) is 5.36. The Kier molecular flexibility index (Phi) is 6.58. The van der Waals surface area contributed by atoms with Gasteiger partial charge in [0.2, 0.25) is 0 Å². The van der Waals surface area contributed by atoms with E-state index in [1.807, 2.05) is 0 Å². The number of alkyl halides is 6. The minimum absolute atomic E-state index is 0.127. The molecule has 1 aromatic carbocycles. The molecule has 2 unspecified atom stereocenters. The highest BCUT2D eigenvalue weighted by atomic mass is 32.1. The van der Waals surface area contributed by atoms with Crippen LogP contribution in [0, 0.1) is 0 Å². The smallest absolute Gasteiger partial charge is 0.326 e. The summed E-state index contributed by atoms with van der Waals surface area (Å²) < 4.78 is 75.6. The molecule has 33 heavy (non-hydrogen) atoms. The first-order valence-electron chi connectivity index (χ1n) is 9.44. The lowest BCUT2D eigenvalue weighted by atomic mass is 10.0. The van der Waals surface area contributed by atoms with E-state index in [1.54, 1.807) is 30.3 Å². The number of halogens is 6. The third-order valence-electron chi connectivity index (χ3n) is 5.16. The number of nitrogens with zero attached hydrogens (tertiary/aromatic N) is 2. The number of carbonyl (C=O) groups is 3. The van der Waals surface area contributed by atoms with E-state index in [2.05, 4.69) is 0 Å². The molecule has 3 rings (SSSR count). The molecule has 0 aliphatic carbocycles. The van der Waals surface area contributed by atoms with Gasteiger partial charge in [0.25, 0.3) is 11.7 Å². The number of thiophene rings is 1. The van der Waals surface area contributed by atoms with Crippen LogP contribution in [0.5, 0.6) is 0 Å². The number of piperazine rings is 1. The molecular formula is C20H17F6N2O4S+. The van der Waals surface area contributed by atoms with Crippen molar-refractivity contribution in [3.8, 4) is 0 Å². The Hall–Kier alpha value is -2.93. The lowest BCUT2D eigenvalue weighted by Gasteiger charge is -2.44. The Morgan fingerprint density at radius 2 is 1.58 bits per heavy atom. The molecule has 0 N–H and O–H groups in total. The van der Waals surface area contributed by atoms with Gasteiger partial charge < -0.3 is 4.90 Å². The average Bonchev–Trinajstić information content (AvgIpc) is 3.22. The number of rotatable bonds is 4. The zero-order valence-corrected chi connectivity index (χ0v) is 17.8. The van der Waals surface area contributed by atoms with Crippen LogP contribution in [0.25, 0.3) is 0 Å². The molecule has 1 fully saturated rings. The lowest BCUT2D eigenvalue weighted by Crippen LogP contribution is -2.61. The van der Waals surface area contributed by atoms with Crippen molar-refractivity contribution in [1.82, 2.24) is 4.90 Å². The highest BCUT2D eigenvalue weighted by Crippen LogP contribution is 2.35. The molecule has 0 saturated carbocycles. The maximum atomic E-state index is 12.9. The Bertz CT molecular complexity index is 1050. The van der Waals surface area contributed by atoms with Crippen LogP contribution in [0.15, 0.2) is 42.5 Å². The number of ketones is 1. The highest BCUT2D eigenvalue weighted by Gasteiger charge is 2.52. The largest absolute Gasteiger partial charge is 0.497 e. The van der Waals surface area contributed by atoms with Gasteiger partial charge >= 0.3 is 18.3 Å². The van der Waals surface area contributed by atoms with Gasteiger partial charge in [0.15, 0.2) is 6.04 Å². The third-order valence-corrected chi connectivity index (χ3v) is 6.23. The number of hydrogen-bond acceptors (Lipinski definition) is 5. The second-order valence-electron chi connectivity index (χ2n) is 7.44.